The maximum absolute atomic E-state index is 12.8. The van der Waals surface area contributed by atoms with Crippen molar-refractivity contribution in [3.8, 4) is 11.4 Å². The number of piperidine rings is 1. The summed E-state index contributed by atoms with van der Waals surface area (Å²) in [6.07, 6.45) is 3.54. The van der Waals surface area contributed by atoms with Crippen molar-refractivity contribution in [1.29, 1.82) is 0 Å². The fourth-order valence-electron chi connectivity index (χ4n) is 3.28. The summed E-state index contributed by atoms with van der Waals surface area (Å²) in [4.78, 5) is 12.8. The minimum Gasteiger partial charge on any atom is -0.368 e. The number of amides is 1. The highest BCUT2D eigenvalue weighted by molar-refractivity contribution is 5.97. The molecule has 1 amide bonds. The molecule has 0 spiro atoms. The van der Waals surface area contributed by atoms with Crippen LogP contribution in [-0.4, -0.2) is 51.9 Å². The summed E-state index contributed by atoms with van der Waals surface area (Å²) in [7, 11) is 1.60. The molecule has 0 unspecified atom stereocenters. The number of tetrazole rings is 1. The predicted octanol–water partition coefficient (Wildman–Crippen LogP) is 1.38. The lowest BCUT2D eigenvalue weighted by Gasteiger charge is -2.34. The van der Waals surface area contributed by atoms with Gasteiger partial charge in [-0.2, -0.15) is 0 Å². The Morgan fingerprint density at radius 3 is 2.88 bits per heavy atom. The Hall–Kier alpha value is -2.32. The van der Waals surface area contributed by atoms with Gasteiger partial charge in [-0.15, -0.1) is 5.10 Å². The van der Waals surface area contributed by atoms with Crippen molar-refractivity contribution in [2.75, 3.05) is 25.5 Å². The minimum absolute atomic E-state index is 0.101. The maximum atomic E-state index is 12.8. The summed E-state index contributed by atoms with van der Waals surface area (Å²) in [5.41, 5.74) is 0.853. The molecule has 0 radical (unpaired) electrons. The van der Waals surface area contributed by atoms with Crippen LogP contribution in [0.1, 0.15) is 31.7 Å². The molecule has 2 aromatic rings. The molecule has 2 aliphatic rings. The van der Waals surface area contributed by atoms with Gasteiger partial charge in [-0.25, -0.2) is 4.68 Å². The molecule has 25 heavy (non-hydrogen) atoms. The monoisotopic (exact) mass is 342 g/mol. The van der Waals surface area contributed by atoms with E-state index in [1.165, 1.54) is 0 Å². The van der Waals surface area contributed by atoms with E-state index < -0.39 is 5.60 Å². The first-order chi connectivity index (χ1) is 12.2. The number of anilines is 1. The number of nitrogens with zero attached hydrogens (tertiary/aromatic N) is 4. The molecule has 0 atom stereocenters. The van der Waals surface area contributed by atoms with Crippen LogP contribution < -0.4 is 10.6 Å². The lowest BCUT2D eigenvalue weighted by atomic mass is 9.91. The summed E-state index contributed by atoms with van der Waals surface area (Å²) < 4.78 is 7.45. The first kappa shape index (κ1) is 16.2. The van der Waals surface area contributed by atoms with E-state index in [1.54, 1.807) is 7.11 Å². The molecule has 8 nitrogen and oxygen atoms in total. The smallest absolute Gasteiger partial charge is 0.256 e. The van der Waals surface area contributed by atoms with Gasteiger partial charge in [0.2, 0.25) is 0 Å². The molecular weight excluding hydrogens is 320 g/mol. The molecule has 1 saturated carbocycles. The summed E-state index contributed by atoms with van der Waals surface area (Å²) in [5, 5.41) is 18.3. The van der Waals surface area contributed by atoms with Gasteiger partial charge in [0.05, 0.1) is 6.04 Å². The molecule has 0 bridgehead atoms. The number of carbonyl (C=O) groups is 1. The molecular formula is C17H22N6O2. The Morgan fingerprint density at radius 1 is 1.36 bits per heavy atom. The highest BCUT2D eigenvalue weighted by atomic mass is 16.5. The van der Waals surface area contributed by atoms with Gasteiger partial charge < -0.3 is 15.4 Å². The number of rotatable bonds is 5. The van der Waals surface area contributed by atoms with Crippen molar-refractivity contribution >= 4 is 11.6 Å². The van der Waals surface area contributed by atoms with Gasteiger partial charge in [0.25, 0.3) is 5.91 Å². The number of benzene rings is 1. The number of hydrogen-bond donors (Lipinski definition) is 2. The molecule has 2 heterocycles. The molecule has 4 rings (SSSR count). The first-order valence-electron chi connectivity index (χ1n) is 8.67. The van der Waals surface area contributed by atoms with E-state index in [2.05, 4.69) is 26.2 Å². The van der Waals surface area contributed by atoms with E-state index >= 15 is 0 Å². The lowest BCUT2D eigenvalue weighted by Crippen LogP contribution is -2.51. The van der Waals surface area contributed by atoms with E-state index in [0.29, 0.717) is 18.9 Å². The molecule has 1 aromatic carbocycles. The van der Waals surface area contributed by atoms with Gasteiger partial charge in [-0.3, -0.25) is 4.79 Å². The summed E-state index contributed by atoms with van der Waals surface area (Å²) in [6.45, 7) is 1.55. The van der Waals surface area contributed by atoms with Crippen LogP contribution in [0.5, 0.6) is 0 Å². The molecule has 2 N–H and O–H groups in total. The third-order valence-corrected chi connectivity index (χ3v) is 4.98. The molecule has 1 saturated heterocycles. The van der Waals surface area contributed by atoms with Crippen molar-refractivity contribution in [2.24, 2.45) is 0 Å². The fourth-order valence-corrected chi connectivity index (χ4v) is 3.28. The van der Waals surface area contributed by atoms with Gasteiger partial charge in [0.15, 0.2) is 5.82 Å². The zero-order valence-corrected chi connectivity index (χ0v) is 14.2. The molecule has 2 fully saturated rings. The normalized spacial score (nSPS) is 19.6. The van der Waals surface area contributed by atoms with Crippen molar-refractivity contribution in [3.05, 3.63) is 24.3 Å². The number of carbonyl (C=O) groups excluding carboxylic acids is 1. The van der Waals surface area contributed by atoms with Crippen LogP contribution in [0, 0.1) is 0 Å². The van der Waals surface area contributed by atoms with Crippen LogP contribution in [-0.2, 0) is 9.53 Å². The number of ether oxygens (including phenoxy) is 1. The Kier molecular flexibility index (Phi) is 4.22. The van der Waals surface area contributed by atoms with Crippen LogP contribution in [0.15, 0.2) is 24.3 Å². The predicted molar refractivity (Wildman–Crippen MR) is 92.0 cm³/mol. The second kappa shape index (κ2) is 6.53. The van der Waals surface area contributed by atoms with Gasteiger partial charge in [-0.1, -0.05) is 12.1 Å². The number of hydrogen-bond acceptors (Lipinski definition) is 6. The second-order valence-corrected chi connectivity index (χ2v) is 6.66. The van der Waals surface area contributed by atoms with Crippen molar-refractivity contribution in [1.82, 2.24) is 25.5 Å². The maximum Gasteiger partial charge on any atom is 0.256 e. The zero-order valence-electron chi connectivity index (χ0n) is 14.2. The van der Waals surface area contributed by atoms with Crippen LogP contribution in [0.25, 0.3) is 11.4 Å². The second-order valence-electron chi connectivity index (χ2n) is 6.66. The Labute approximate surface area is 145 Å². The summed E-state index contributed by atoms with van der Waals surface area (Å²) in [5.74, 6) is 0.636. The highest BCUT2D eigenvalue weighted by Gasteiger charge is 2.39. The molecule has 1 aliphatic carbocycles. The first-order valence-corrected chi connectivity index (χ1v) is 8.67. The van der Waals surface area contributed by atoms with E-state index in [4.69, 9.17) is 4.74 Å². The van der Waals surface area contributed by atoms with E-state index in [9.17, 15) is 4.79 Å². The molecule has 1 aliphatic heterocycles. The van der Waals surface area contributed by atoms with E-state index in [0.717, 1.165) is 43.0 Å². The zero-order chi connectivity index (χ0) is 17.3. The Balaban J connectivity index is 1.55. The molecule has 1 aromatic heterocycles. The van der Waals surface area contributed by atoms with Gasteiger partial charge >= 0.3 is 0 Å². The molecule has 132 valence electrons. The lowest BCUT2D eigenvalue weighted by molar-refractivity contribution is -0.140. The van der Waals surface area contributed by atoms with Crippen molar-refractivity contribution < 1.29 is 9.53 Å². The van der Waals surface area contributed by atoms with Gasteiger partial charge in [0, 0.05) is 18.4 Å². The average molecular weight is 342 g/mol. The van der Waals surface area contributed by atoms with Crippen LogP contribution in [0.2, 0.25) is 0 Å². The van der Waals surface area contributed by atoms with E-state index in [-0.39, 0.29) is 5.91 Å². The summed E-state index contributed by atoms with van der Waals surface area (Å²) >= 11 is 0. The SMILES string of the molecule is COC1(C(=O)Nc2cccc(-c3nnnn3C3CC3)c2)CCNCC1. The van der Waals surface area contributed by atoms with Crippen molar-refractivity contribution in [2.45, 2.75) is 37.3 Å². The highest BCUT2D eigenvalue weighted by Crippen LogP contribution is 2.37. The number of nitrogens with one attached hydrogen (secondary N) is 2. The number of methoxy groups -OCH3 is 1. The number of aromatic nitrogens is 4. The molecule has 8 heteroatoms. The Morgan fingerprint density at radius 2 is 2.16 bits per heavy atom. The fraction of sp³-hybridized carbons (Fsp3) is 0.529. The Bertz CT molecular complexity index is 764. The average Bonchev–Trinajstić information content (AvgIpc) is 3.39. The van der Waals surface area contributed by atoms with Crippen molar-refractivity contribution in [3.63, 3.8) is 0 Å². The summed E-state index contributed by atoms with van der Waals surface area (Å²) in [6, 6.07) is 8.04. The topological polar surface area (TPSA) is 94.0 Å². The minimum atomic E-state index is -0.767. The van der Waals surface area contributed by atoms with Crippen LogP contribution >= 0.6 is 0 Å². The third-order valence-electron chi connectivity index (χ3n) is 4.98. The largest absolute Gasteiger partial charge is 0.368 e. The van der Waals surface area contributed by atoms with Crippen LogP contribution in [0.4, 0.5) is 5.69 Å². The van der Waals surface area contributed by atoms with E-state index in [1.807, 2.05) is 28.9 Å². The third kappa shape index (κ3) is 3.14. The van der Waals surface area contributed by atoms with Crippen LogP contribution in [0.3, 0.4) is 0 Å². The van der Waals surface area contributed by atoms with Gasteiger partial charge in [0.1, 0.15) is 5.60 Å². The standard InChI is InChI=1S/C17H22N6O2/c1-25-17(7-9-18-10-8-17)16(24)19-13-4-2-3-12(11-13)15-20-21-22-23(15)14-5-6-14/h2-4,11,14,18H,5-10H2,1H3,(H,19,24). The quantitative estimate of drug-likeness (QED) is 0.853. The van der Waals surface area contributed by atoms with Gasteiger partial charge in [-0.05, 0) is 61.3 Å².